The van der Waals surface area contributed by atoms with Crippen LogP contribution in [-0.4, -0.2) is 50.5 Å². The van der Waals surface area contributed by atoms with Crippen LogP contribution in [0, 0.1) is 0 Å². The van der Waals surface area contributed by atoms with Crippen molar-refractivity contribution in [1.29, 1.82) is 0 Å². The van der Waals surface area contributed by atoms with Gasteiger partial charge in [0.25, 0.3) is 5.91 Å². The van der Waals surface area contributed by atoms with Crippen LogP contribution in [-0.2, 0) is 21.3 Å². The van der Waals surface area contributed by atoms with Gasteiger partial charge in [-0.1, -0.05) is 41.7 Å². The maximum Gasteiger partial charge on any atom is 0.279 e. The Morgan fingerprint density at radius 3 is 2.48 bits per heavy atom. The molecule has 0 fully saturated rings. The molecule has 0 aliphatic rings. The van der Waals surface area contributed by atoms with Gasteiger partial charge in [0.1, 0.15) is 0 Å². The van der Waals surface area contributed by atoms with Crippen LogP contribution in [0.15, 0.2) is 70.6 Å². The molecule has 0 atom stereocenters. The monoisotopic (exact) mass is 483 g/mol. The highest BCUT2D eigenvalue weighted by molar-refractivity contribution is 7.89. The number of fused-ring (bicyclic) bond motifs is 3. The molecule has 0 spiro atoms. The molecule has 0 radical (unpaired) electrons. The van der Waals surface area contributed by atoms with E-state index in [1.165, 1.54) is 49.7 Å². The van der Waals surface area contributed by atoms with Crippen LogP contribution in [0.5, 0.6) is 0 Å². The number of carbonyl (C=O) groups excluding carboxylic acids is 1. The lowest BCUT2D eigenvalue weighted by Crippen LogP contribution is -2.22. The number of benzene rings is 3. The average molecular weight is 484 g/mol. The molecule has 0 unspecified atom stereocenters. The van der Waals surface area contributed by atoms with Crippen molar-refractivity contribution in [3.63, 3.8) is 0 Å². The van der Waals surface area contributed by atoms with Crippen molar-refractivity contribution >= 4 is 48.3 Å². The van der Waals surface area contributed by atoms with Gasteiger partial charge in [0.2, 0.25) is 10.0 Å². The Labute approximate surface area is 196 Å². The zero-order chi connectivity index (χ0) is 23.6. The number of ether oxygens (including phenoxy) is 1. The largest absolute Gasteiger partial charge is 0.380 e. The fraction of sp³-hybridized carbons (Fsp3) is 0.250. The molecule has 1 amide bonds. The molecule has 9 heteroatoms. The lowest BCUT2D eigenvalue weighted by Gasteiger charge is -2.11. The smallest absolute Gasteiger partial charge is 0.279 e. The molecule has 1 heterocycles. The average Bonchev–Trinajstić information content (AvgIpc) is 3.16. The number of hydrogen-bond donors (Lipinski definition) is 0. The standard InChI is InChI=1S/C24H25N3O4S2/c1-4-31-16-15-27-21-14-11-17-7-5-6-8-20(17)22(21)32-24(27)25-23(28)18-9-12-19(13-10-18)33(29,30)26(2)3/h5-14H,4,15-16H2,1-3H3. The minimum absolute atomic E-state index is 0.129. The van der Waals surface area contributed by atoms with Gasteiger partial charge in [-0.3, -0.25) is 4.79 Å². The van der Waals surface area contributed by atoms with E-state index >= 15 is 0 Å². The summed E-state index contributed by atoms with van der Waals surface area (Å²) in [7, 11) is -0.624. The van der Waals surface area contributed by atoms with Crippen LogP contribution in [0.25, 0.3) is 21.0 Å². The van der Waals surface area contributed by atoms with Crippen LogP contribution < -0.4 is 4.80 Å². The third kappa shape index (κ3) is 4.63. The van der Waals surface area contributed by atoms with Gasteiger partial charge in [0.15, 0.2) is 4.80 Å². The van der Waals surface area contributed by atoms with Crippen molar-refractivity contribution in [2.45, 2.75) is 18.4 Å². The van der Waals surface area contributed by atoms with E-state index in [0.717, 1.165) is 25.3 Å². The summed E-state index contributed by atoms with van der Waals surface area (Å²) in [5, 5.41) is 2.23. The lowest BCUT2D eigenvalue weighted by atomic mass is 10.1. The van der Waals surface area contributed by atoms with Gasteiger partial charge >= 0.3 is 0 Å². The van der Waals surface area contributed by atoms with E-state index < -0.39 is 15.9 Å². The second kappa shape index (κ2) is 9.56. The van der Waals surface area contributed by atoms with Crippen LogP contribution >= 0.6 is 11.3 Å². The van der Waals surface area contributed by atoms with E-state index in [9.17, 15) is 13.2 Å². The third-order valence-corrected chi connectivity index (χ3v) is 8.27. The molecular weight excluding hydrogens is 458 g/mol. The van der Waals surface area contributed by atoms with Crippen molar-refractivity contribution in [3.8, 4) is 0 Å². The molecule has 0 saturated heterocycles. The Balaban J connectivity index is 1.79. The molecule has 33 heavy (non-hydrogen) atoms. The van der Waals surface area contributed by atoms with E-state index in [-0.39, 0.29) is 4.90 Å². The van der Waals surface area contributed by atoms with Crippen LogP contribution in [0.2, 0.25) is 0 Å². The lowest BCUT2D eigenvalue weighted by molar-refractivity contribution is 0.0996. The number of aromatic nitrogens is 1. The summed E-state index contributed by atoms with van der Waals surface area (Å²) in [6, 6.07) is 18.1. The molecule has 0 bridgehead atoms. The summed E-state index contributed by atoms with van der Waals surface area (Å²) in [6.45, 7) is 3.63. The van der Waals surface area contributed by atoms with Crippen molar-refractivity contribution in [2.24, 2.45) is 4.99 Å². The van der Waals surface area contributed by atoms with Crippen molar-refractivity contribution in [1.82, 2.24) is 8.87 Å². The minimum Gasteiger partial charge on any atom is -0.380 e. The van der Waals surface area contributed by atoms with Crippen LogP contribution in [0.4, 0.5) is 0 Å². The van der Waals surface area contributed by atoms with E-state index in [0.29, 0.717) is 30.1 Å². The van der Waals surface area contributed by atoms with Gasteiger partial charge in [0.05, 0.1) is 21.7 Å². The quantitative estimate of drug-likeness (QED) is 0.374. The highest BCUT2D eigenvalue weighted by Gasteiger charge is 2.18. The third-order valence-electron chi connectivity index (χ3n) is 5.31. The van der Waals surface area contributed by atoms with E-state index in [1.54, 1.807) is 0 Å². The molecule has 4 rings (SSSR count). The molecule has 172 valence electrons. The van der Waals surface area contributed by atoms with Gasteiger partial charge < -0.3 is 9.30 Å². The number of nitrogens with zero attached hydrogens (tertiary/aromatic N) is 3. The highest BCUT2D eigenvalue weighted by atomic mass is 32.2. The fourth-order valence-corrected chi connectivity index (χ4v) is 5.62. The summed E-state index contributed by atoms with van der Waals surface area (Å²) >= 11 is 1.46. The first-order valence-electron chi connectivity index (χ1n) is 10.5. The van der Waals surface area contributed by atoms with Gasteiger partial charge in [-0.25, -0.2) is 12.7 Å². The molecule has 0 N–H and O–H groups in total. The highest BCUT2D eigenvalue weighted by Crippen LogP contribution is 2.27. The molecule has 0 saturated carbocycles. The van der Waals surface area contributed by atoms with Crippen LogP contribution in [0.3, 0.4) is 0 Å². The second-order valence-corrected chi connectivity index (χ2v) is 10.7. The summed E-state index contributed by atoms with van der Waals surface area (Å²) in [5.74, 6) is -0.426. The van der Waals surface area contributed by atoms with Gasteiger partial charge in [0, 0.05) is 38.2 Å². The Bertz CT molecular complexity index is 1480. The first kappa shape index (κ1) is 23.3. The Morgan fingerprint density at radius 1 is 1.06 bits per heavy atom. The molecule has 0 aliphatic heterocycles. The Kier molecular flexibility index (Phi) is 6.76. The first-order valence-corrected chi connectivity index (χ1v) is 12.8. The molecule has 7 nitrogen and oxygen atoms in total. The van der Waals surface area contributed by atoms with Gasteiger partial charge in [-0.05, 0) is 42.6 Å². The van der Waals surface area contributed by atoms with Gasteiger partial charge in [-0.15, -0.1) is 0 Å². The summed E-state index contributed by atoms with van der Waals surface area (Å²) in [6.07, 6.45) is 0. The van der Waals surface area contributed by atoms with Crippen molar-refractivity contribution in [3.05, 3.63) is 71.0 Å². The molecule has 1 aromatic heterocycles. The number of amides is 1. The van der Waals surface area contributed by atoms with Crippen molar-refractivity contribution in [2.75, 3.05) is 27.3 Å². The SMILES string of the molecule is CCOCCn1c(=NC(=O)c2ccc(S(=O)(=O)N(C)C)cc2)sc2c3ccccc3ccc21. The van der Waals surface area contributed by atoms with Crippen LogP contribution in [0.1, 0.15) is 17.3 Å². The van der Waals surface area contributed by atoms with Crippen molar-refractivity contribution < 1.29 is 17.9 Å². The molecule has 0 aliphatic carbocycles. The molecule has 4 aromatic rings. The number of rotatable bonds is 7. The van der Waals surface area contributed by atoms with E-state index in [4.69, 9.17) is 4.74 Å². The summed E-state index contributed by atoms with van der Waals surface area (Å²) in [4.78, 5) is 18.1. The van der Waals surface area contributed by atoms with Gasteiger partial charge in [-0.2, -0.15) is 4.99 Å². The summed E-state index contributed by atoms with van der Waals surface area (Å²) in [5.41, 5.74) is 1.32. The molecular formula is C24H25N3O4S2. The number of hydrogen-bond acceptors (Lipinski definition) is 5. The number of carbonyl (C=O) groups is 1. The molecule has 3 aromatic carbocycles. The minimum atomic E-state index is -3.56. The predicted octanol–water partition coefficient (Wildman–Crippen LogP) is 3.88. The number of sulfonamides is 1. The Morgan fingerprint density at radius 2 is 1.79 bits per heavy atom. The topological polar surface area (TPSA) is 81.0 Å². The zero-order valence-corrected chi connectivity index (χ0v) is 20.3. The maximum absolute atomic E-state index is 13.0. The van der Waals surface area contributed by atoms with E-state index in [1.807, 2.05) is 29.7 Å². The fourth-order valence-electron chi connectivity index (χ4n) is 3.53. The predicted molar refractivity (Wildman–Crippen MR) is 131 cm³/mol. The Hall–Kier alpha value is -2.85. The normalized spacial score (nSPS) is 12.8. The van der Waals surface area contributed by atoms with E-state index in [2.05, 4.69) is 23.2 Å². The number of thiazole rings is 1. The second-order valence-electron chi connectivity index (χ2n) is 7.60. The zero-order valence-electron chi connectivity index (χ0n) is 18.7. The maximum atomic E-state index is 13.0. The summed E-state index contributed by atoms with van der Waals surface area (Å²) < 4.78 is 34.3. The first-order chi connectivity index (χ1) is 15.8.